The fraction of sp³-hybridized carbons (Fsp3) is 0.538. The van der Waals surface area contributed by atoms with Crippen LogP contribution in [-0.4, -0.2) is 15.0 Å². The highest BCUT2D eigenvalue weighted by molar-refractivity contribution is 7.89. The fourth-order valence-corrected chi connectivity index (χ4v) is 3.19. The van der Waals surface area contributed by atoms with Gasteiger partial charge in [-0.05, 0) is 37.0 Å². The van der Waals surface area contributed by atoms with Gasteiger partial charge in [-0.25, -0.2) is 13.6 Å². The average molecular weight is 303 g/mol. The first-order valence-electron chi connectivity index (χ1n) is 6.53. The molecule has 1 aromatic carbocycles. The molecule has 0 aliphatic heterocycles. The van der Waals surface area contributed by atoms with Crippen molar-refractivity contribution in [1.29, 1.82) is 0 Å². The first-order chi connectivity index (χ1) is 8.97. The van der Waals surface area contributed by atoms with Crippen molar-refractivity contribution in [2.75, 3.05) is 11.9 Å². The highest BCUT2D eigenvalue weighted by Crippen LogP contribution is 2.27. The van der Waals surface area contributed by atoms with Crippen LogP contribution < -0.4 is 10.5 Å². The molecule has 0 amide bonds. The van der Waals surface area contributed by atoms with Gasteiger partial charge in [0, 0.05) is 6.54 Å². The molecular formula is C13H19ClN2O2S. The monoisotopic (exact) mass is 302 g/mol. The standard InChI is InChI=1S/C13H19ClN2O2S/c14-12-7-6-11(19(15,17)18)8-13(12)16-9-10-4-2-1-3-5-10/h6-8,10,16H,1-5,9H2,(H2,15,17,18). The number of primary sulfonamides is 1. The number of anilines is 1. The van der Waals surface area contributed by atoms with Crippen LogP contribution in [0.5, 0.6) is 0 Å². The molecule has 0 bridgehead atoms. The van der Waals surface area contributed by atoms with Crippen molar-refractivity contribution < 1.29 is 8.42 Å². The van der Waals surface area contributed by atoms with Gasteiger partial charge in [-0.15, -0.1) is 0 Å². The molecule has 0 radical (unpaired) electrons. The van der Waals surface area contributed by atoms with Gasteiger partial charge in [0.05, 0.1) is 15.6 Å². The number of halogens is 1. The van der Waals surface area contributed by atoms with Crippen LogP contribution in [0.15, 0.2) is 23.1 Å². The van der Waals surface area contributed by atoms with Crippen LogP contribution in [0.3, 0.4) is 0 Å². The first kappa shape index (κ1) is 14.6. The Morgan fingerprint density at radius 1 is 1.26 bits per heavy atom. The van der Waals surface area contributed by atoms with Crippen molar-refractivity contribution in [3.05, 3.63) is 23.2 Å². The zero-order chi connectivity index (χ0) is 13.9. The maximum atomic E-state index is 11.3. The first-order valence-corrected chi connectivity index (χ1v) is 8.45. The van der Waals surface area contributed by atoms with Crippen molar-refractivity contribution >= 4 is 27.3 Å². The van der Waals surface area contributed by atoms with Gasteiger partial charge in [0.25, 0.3) is 0 Å². The second-order valence-corrected chi connectivity index (χ2v) is 7.04. The Morgan fingerprint density at radius 2 is 1.95 bits per heavy atom. The van der Waals surface area contributed by atoms with Crippen LogP contribution in [-0.2, 0) is 10.0 Å². The lowest BCUT2D eigenvalue weighted by molar-refractivity contribution is 0.373. The van der Waals surface area contributed by atoms with E-state index in [0.717, 1.165) is 6.54 Å². The molecule has 106 valence electrons. The van der Waals surface area contributed by atoms with Crippen LogP contribution in [0.2, 0.25) is 5.02 Å². The lowest BCUT2D eigenvalue weighted by atomic mass is 9.89. The van der Waals surface area contributed by atoms with Crippen molar-refractivity contribution in [3.8, 4) is 0 Å². The van der Waals surface area contributed by atoms with Crippen LogP contribution in [0, 0.1) is 5.92 Å². The lowest BCUT2D eigenvalue weighted by Gasteiger charge is -2.22. The van der Waals surface area contributed by atoms with Crippen LogP contribution >= 0.6 is 11.6 Å². The fourth-order valence-electron chi connectivity index (χ4n) is 2.46. The Hall–Kier alpha value is -0.780. The Morgan fingerprint density at radius 3 is 2.58 bits per heavy atom. The summed E-state index contributed by atoms with van der Waals surface area (Å²) in [5, 5.41) is 8.88. The summed E-state index contributed by atoms with van der Waals surface area (Å²) in [6.45, 7) is 0.827. The molecule has 4 nitrogen and oxygen atoms in total. The van der Waals surface area contributed by atoms with E-state index in [2.05, 4.69) is 5.32 Å². The van der Waals surface area contributed by atoms with Gasteiger partial charge in [0.1, 0.15) is 0 Å². The summed E-state index contributed by atoms with van der Waals surface area (Å²) in [6.07, 6.45) is 6.31. The predicted octanol–water partition coefficient (Wildman–Crippen LogP) is 2.98. The quantitative estimate of drug-likeness (QED) is 0.898. The molecule has 0 heterocycles. The summed E-state index contributed by atoms with van der Waals surface area (Å²) in [5.41, 5.74) is 0.638. The number of hydrogen-bond donors (Lipinski definition) is 2. The number of benzene rings is 1. The maximum Gasteiger partial charge on any atom is 0.238 e. The average Bonchev–Trinajstić information content (AvgIpc) is 2.37. The topological polar surface area (TPSA) is 72.2 Å². The molecule has 1 saturated carbocycles. The molecule has 1 aliphatic carbocycles. The lowest BCUT2D eigenvalue weighted by Crippen LogP contribution is -2.18. The minimum absolute atomic E-state index is 0.0862. The van der Waals surface area contributed by atoms with Crippen molar-refractivity contribution in [1.82, 2.24) is 0 Å². The van der Waals surface area contributed by atoms with E-state index in [4.69, 9.17) is 16.7 Å². The minimum Gasteiger partial charge on any atom is -0.384 e. The van der Waals surface area contributed by atoms with E-state index < -0.39 is 10.0 Å². The highest BCUT2D eigenvalue weighted by Gasteiger charge is 2.15. The summed E-state index contributed by atoms with van der Waals surface area (Å²) < 4.78 is 22.6. The van der Waals surface area contributed by atoms with E-state index in [-0.39, 0.29) is 4.90 Å². The number of sulfonamides is 1. The molecule has 0 atom stereocenters. The van der Waals surface area contributed by atoms with E-state index in [1.807, 2.05) is 0 Å². The highest BCUT2D eigenvalue weighted by atomic mass is 35.5. The summed E-state index contributed by atoms with van der Waals surface area (Å²) in [4.78, 5) is 0.0862. The van der Waals surface area contributed by atoms with Crippen LogP contribution in [0.25, 0.3) is 0 Å². The molecule has 1 aromatic rings. The van der Waals surface area contributed by atoms with Crippen molar-refractivity contribution in [2.45, 2.75) is 37.0 Å². The molecule has 0 unspecified atom stereocenters. The van der Waals surface area contributed by atoms with E-state index in [0.29, 0.717) is 16.6 Å². The molecule has 3 N–H and O–H groups in total. The Labute approximate surface area is 119 Å². The molecule has 1 aliphatic rings. The molecule has 0 spiro atoms. The van der Waals surface area contributed by atoms with Gasteiger partial charge in [-0.3, -0.25) is 0 Å². The molecule has 0 aromatic heterocycles. The number of nitrogens with two attached hydrogens (primary N) is 1. The number of hydrogen-bond acceptors (Lipinski definition) is 3. The third kappa shape index (κ3) is 4.09. The molecule has 1 fully saturated rings. The van der Waals surface area contributed by atoms with Gasteiger partial charge >= 0.3 is 0 Å². The third-order valence-corrected chi connectivity index (χ3v) is 4.81. The minimum atomic E-state index is -3.68. The Balaban J connectivity index is 2.06. The van der Waals surface area contributed by atoms with Crippen LogP contribution in [0.1, 0.15) is 32.1 Å². The maximum absolute atomic E-state index is 11.3. The summed E-state index contributed by atoms with van der Waals surface area (Å²) in [7, 11) is -3.68. The molecule has 0 saturated heterocycles. The zero-order valence-electron chi connectivity index (χ0n) is 10.7. The Kier molecular flexibility index (Phi) is 4.71. The van der Waals surface area contributed by atoms with E-state index >= 15 is 0 Å². The second kappa shape index (κ2) is 6.11. The summed E-state index contributed by atoms with van der Waals surface area (Å²) >= 11 is 6.07. The largest absolute Gasteiger partial charge is 0.384 e. The van der Waals surface area contributed by atoms with Gasteiger partial charge in [0.15, 0.2) is 0 Å². The van der Waals surface area contributed by atoms with Crippen LogP contribution in [0.4, 0.5) is 5.69 Å². The number of nitrogens with one attached hydrogen (secondary N) is 1. The predicted molar refractivity (Wildman–Crippen MR) is 77.9 cm³/mol. The van der Waals surface area contributed by atoms with Gasteiger partial charge in [0.2, 0.25) is 10.0 Å². The zero-order valence-corrected chi connectivity index (χ0v) is 12.3. The molecule has 2 rings (SSSR count). The van der Waals surface area contributed by atoms with E-state index in [9.17, 15) is 8.42 Å². The van der Waals surface area contributed by atoms with Gasteiger partial charge < -0.3 is 5.32 Å². The van der Waals surface area contributed by atoms with E-state index in [1.165, 1.54) is 44.2 Å². The smallest absolute Gasteiger partial charge is 0.238 e. The summed E-state index contributed by atoms with van der Waals surface area (Å²) in [6, 6.07) is 4.48. The van der Waals surface area contributed by atoms with Crippen molar-refractivity contribution in [2.24, 2.45) is 11.1 Å². The summed E-state index contributed by atoms with van der Waals surface area (Å²) in [5.74, 6) is 0.642. The van der Waals surface area contributed by atoms with Gasteiger partial charge in [-0.1, -0.05) is 30.9 Å². The third-order valence-electron chi connectivity index (χ3n) is 3.57. The molecular weight excluding hydrogens is 284 g/mol. The molecule has 6 heteroatoms. The van der Waals surface area contributed by atoms with Crippen molar-refractivity contribution in [3.63, 3.8) is 0 Å². The number of rotatable bonds is 4. The Bertz CT molecular complexity index is 540. The van der Waals surface area contributed by atoms with E-state index in [1.54, 1.807) is 6.07 Å². The normalized spacial score (nSPS) is 17.4. The second-order valence-electron chi connectivity index (χ2n) is 5.07. The van der Waals surface area contributed by atoms with Gasteiger partial charge in [-0.2, -0.15) is 0 Å². The molecule has 19 heavy (non-hydrogen) atoms. The SMILES string of the molecule is NS(=O)(=O)c1ccc(Cl)c(NCC2CCCCC2)c1.